The van der Waals surface area contributed by atoms with Gasteiger partial charge in [-0.1, -0.05) is 50.9 Å². The van der Waals surface area contributed by atoms with E-state index in [4.69, 9.17) is 4.74 Å². The van der Waals surface area contributed by atoms with Crippen molar-refractivity contribution in [1.29, 1.82) is 0 Å². The molecule has 1 aromatic carbocycles. The maximum atomic E-state index is 13.2. The molecule has 5 heteroatoms. The number of fused-ring (bicyclic) bond motifs is 1. The lowest BCUT2D eigenvalue weighted by atomic mass is 9.77. The fourth-order valence-electron chi connectivity index (χ4n) is 4.93. The second-order valence-electron chi connectivity index (χ2n) is 8.10. The van der Waals surface area contributed by atoms with Crippen LogP contribution in [0.5, 0.6) is 0 Å². The first-order valence-corrected chi connectivity index (χ1v) is 11.3. The Morgan fingerprint density at radius 1 is 1.21 bits per heavy atom. The van der Waals surface area contributed by atoms with E-state index < -0.39 is 0 Å². The number of carbonyl (C=O) groups is 2. The lowest BCUT2D eigenvalue weighted by Crippen LogP contribution is -2.25. The van der Waals surface area contributed by atoms with Gasteiger partial charge in [-0.15, -0.1) is 0 Å². The van der Waals surface area contributed by atoms with Crippen LogP contribution in [0.1, 0.15) is 38.7 Å². The molecule has 1 unspecified atom stereocenters. The number of esters is 1. The first kappa shape index (κ1) is 21.5. The third-order valence-electron chi connectivity index (χ3n) is 6.39. The van der Waals surface area contributed by atoms with Crippen LogP contribution in [0, 0.1) is 23.7 Å². The van der Waals surface area contributed by atoms with Gasteiger partial charge in [-0.25, -0.2) is 4.79 Å². The standard InChI is InChI=1S/C23H26Br2O3/c1-12-5-6-16(13(2)23(27)28-4)10-19-14(3)22(26)20(21(12)19)9-15-7-17(24)11-18(25)8-15/h7-8,11-12,16,20-21H,2,5-6,9-10H2,1,3-4H3/t12-,16+,20?,21-/m0/s1. The lowest BCUT2D eigenvalue weighted by molar-refractivity contribution is -0.136. The van der Waals surface area contributed by atoms with Crippen LogP contribution in [-0.4, -0.2) is 18.9 Å². The van der Waals surface area contributed by atoms with Crippen molar-refractivity contribution in [3.05, 3.63) is 56.0 Å². The number of benzene rings is 1. The molecule has 3 nitrogen and oxygen atoms in total. The Morgan fingerprint density at radius 2 is 1.86 bits per heavy atom. The summed E-state index contributed by atoms with van der Waals surface area (Å²) in [6.07, 6.45) is 3.36. The van der Waals surface area contributed by atoms with Crippen molar-refractivity contribution < 1.29 is 14.3 Å². The van der Waals surface area contributed by atoms with E-state index in [-0.39, 0.29) is 29.5 Å². The van der Waals surface area contributed by atoms with Gasteiger partial charge < -0.3 is 4.74 Å². The summed E-state index contributed by atoms with van der Waals surface area (Å²) >= 11 is 7.10. The largest absolute Gasteiger partial charge is 0.466 e. The topological polar surface area (TPSA) is 43.4 Å². The molecule has 0 spiro atoms. The molecule has 4 atom stereocenters. The number of ether oxygens (including phenoxy) is 1. The van der Waals surface area contributed by atoms with E-state index in [1.54, 1.807) is 0 Å². The van der Waals surface area contributed by atoms with E-state index in [1.807, 2.05) is 13.0 Å². The molecule has 1 aromatic rings. The van der Waals surface area contributed by atoms with E-state index in [0.717, 1.165) is 45.8 Å². The predicted octanol–water partition coefficient (Wildman–Crippen LogP) is 6.05. The third-order valence-corrected chi connectivity index (χ3v) is 7.31. The van der Waals surface area contributed by atoms with Crippen molar-refractivity contribution in [2.24, 2.45) is 23.7 Å². The zero-order valence-corrected chi connectivity index (χ0v) is 19.7. The summed E-state index contributed by atoms with van der Waals surface area (Å²) in [5.74, 6) is 0.572. The number of methoxy groups -OCH3 is 1. The summed E-state index contributed by atoms with van der Waals surface area (Å²) < 4.78 is 6.90. The van der Waals surface area contributed by atoms with Crippen molar-refractivity contribution >= 4 is 43.6 Å². The molecule has 28 heavy (non-hydrogen) atoms. The first-order valence-electron chi connectivity index (χ1n) is 9.68. The molecule has 0 heterocycles. The zero-order valence-electron chi connectivity index (χ0n) is 16.6. The molecule has 0 N–H and O–H groups in total. The fraction of sp³-hybridized carbons (Fsp3) is 0.478. The van der Waals surface area contributed by atoms with Crippen molar-refractivity contribution in [2.75, 3.05) is 7.11 Å². The second-order valence-corrected chi connectivity index (χ2v) is 9.93. The highest BCUT2D eigenvalue weighted by molar-refractivity contribution is 9.11. The lowest BCUT2D eigenvalue weighted by Gasteiger charge is -2.26. The second kappa shape index (κ2) is 8.66. The van der Waals surface area contributed by atoms with E-state index in [0.29, 0.717) is 11.5 Å². The smallest absolute Gasteiger partial charge is 0.333 e. The molecule has 2 aliphatic rings. The molecule has 0 saturated heterocycles. The highest BCUT2D eigenvalue weighted by Crippen LogP contribution is 2.49. The number of carbonyl (C=O) groups excluding carboxylic acids is 2. The van der Waals surface area contributed by atoms with Gasteiger partial charge in [-0.05, 0) is 79.7 Å². The fourth-order valence-corrected chi connectivity index (χ4v) is 6.32. The Balaban J connectivity index is 1.89. The van der Waals surface area contributed by atoms with Gasteiger partial charge in [-0.2, -0.15) is 0 Å². The van der Waals surface area contributed by atoms with Crippen molar-refractivity contribution in [3.63, 3.8) is 0 Å². The number of ketones is 1. The summed E-state index contributed by atoms with van der Waals surface area (Å²) in [5.41, 5.74) is 3.80. The summed E-state index contributed by atoms with van der Waals surface area (Å²) in [5, 5.41) is 0. The van der Waals surface area contributed by atoms with Gasteiger partial charge in [-0.3, -0.25) is 4.79 Å². The van der Waals surface area contributed by atoms with Crippen LogP contribution < -0.4 is 0 Å². The minimum Gasteiger partial charge on any atom is -0.466 e. The van der Waals surface area contributed by atoms with Crippen molar-refractivity contribution in [3.8, 4) is 0 Å². The average molecular weight is 510 g/mol. The molecule has 0 bridgehead atoms. The molecule has 1 fully saturated rings. The van der Waals surface area contributed by atoms with E-state index in [2.05, 4.69) is 57.5 Å². The van der Waals surface area contributed by atoms with E-state index in [9.17, 15) is 9.59 Å². The number of halogens is 2. The summed E-state index contributed by atoms with van der Waals surface area (Å²) in [7, 11) is 1.39. The Kier molecular flexibility index (Phi) is 6.65. The molecular formula is C23H26Br2O3. The third kappa shape index (κ3) is 4.20. The number of allylic oxidation sites excluding steroid dienone is 2. The summed E-state index contributed by atoms with van der Waals surface area (Å²) in [6, 6.07) is 6.19. The van der Waals surface area contributed by atoms with Crippen LogP contribution in [0.25, 0.3) is 0 Å². The Labute approximate surface area is 183 Å². The number of hydrogen-bond acceptors (Lipinski definition) is 3. The zero-order chi connectivity index (χ0) is 20.6. The van der Waals surface area contributed by atoms with Crippen LogP contribution in [0.15, 0.2) is 50.4 Å². The van der Waals surface area contributed by atoms with E-state index >= 15 is 0 Å². The van der Waals surface area contributed by atoms with Gasteiger partial charge in [0.15, 0.2) is 5.78 Å². The van der Waals surface area contributed by atoms with Gasteiger partial charge in [0, 0.05) is 20.4 Å². The van der Waals surface area contributed by atoms with Gasteiger partial charge in [0.2, 0.25) is 0 Å². The van der Waals surface area contributed by atoms with Crippen molar-refractivity contribution in [1.82, 2.24) is 0 Å². The van der Waals surface area contributed by atoms with Crippen LogP contribution in [0.4, 0.5) is 0 Å². The summed E-state index contributed by atoms with van der Waals surface area (Å²) in [4.78, 5) is 25.2. The number of Topliss-reactive ketones (excluding diaryl/α,β-unsaturated/α-hetero) is 1. The van der Waals surface area contributed by atoms with Crippen LogP contribution in [-0.2, 0) is 20.7 Å². The Bertz CT molecular complexity index is 835. The van der Waals surface area contributed by atoms with Crippen LogP contribution in [0.3, 0.4) is 0 Å². The monoisotopic (exact) mass is 508 g/mol. The number of hydrogen-bond donors (Lipinski definition) is 0. The van der Waals surface area contributed by atoms with Crippen molar-refractivity contribution in [2.45, 2.75) is 39.5 Å². The molecule has 0 radical (unpaired) electrons. The van der Waals surface area contributed by atoms with Gasteiger partial charge in [0.1, 0.15) is 0 Å². The predicted molar refractivity (Wildman–Crippen MR) is 118 cm³/mol. The van der Waals surface area contributed by atoms with E-state index in [1.165, 1.54) is 12.7 Å². The quantitative estimate of drug-likeness (QED) is 0.366. The maximum Gasteiger partial charge on any atom is 0.333 e. The average Bonchev–Trinajstić information content (AvgIpc) is 2.78. The molecule has 0 aliphatic heterocycles. The SMILES string of the molecule is C=C(C(=O)OC)[C@@H]1CC[C@H](C)[C@H]2C(=C(C)C(=O)C2Cc2cc(Br)cc(Br)c2)C1. The molecule has 3 rings (SSSR count). The Hall–Kier alpha value is -1.20. The van der Waals surface area contributed by atoms with Gasteiger partial charge in [0.05, 0.1) is 7.11 Å². The minimum absolute atomic E-state index is 0.0312. The molecule has 2 aliphatic carbocycles. The van der Waals surface area contributed by atoms with Gasteiger partial charge in [0.25, 0.3) is 0 Å². The Morgan fingerprint density at radius 3 is 2.46 bits per heavy atom. The highest BCUT2D eigenvalue weighted by Gasteiger charge is 2.44. The van der Waals surface area contributed by atoms with Gasteiger partial charge >= 0.3 is 5.97 Å². The normalized spacial score (nSPS) is 27.4. The maximum absolute atomic E-state index is 13.2. The first-order chi connectivity index (χ1) is 13.2. The molecule has 0 aromatic heterocycles. The summed E-state index contributed by atoms with van der Waals surface area (Å²) in [6.45, 7) is 8.18. The molecule has 1 saturated carbocycles. The highest BCUT2D eigenvalue weighted by atomic mass is 79.9. The van der Waals surface area contributed by atoms with Crippen LogP contribution >= 0.6 is 31.9 Å². The minimum atomic E-state index is -0.339. The molecule has 0 amide bonds. The van der Waals surface area contributed by atoms with Crippen LogP contribution in [0.2, 0.25) is 0 Å². The molecular weight excluding hydrogens is 484 g/mol. The molecule has 150 valence electrons. The number of rotatable bonds is 4.